The van der Waals surface area contributed by atoms with E-state index >= 15 is 0 Å². The van der Waals surface area contributed by atoms with Gasteiger partial charge >= 0.3 is 5.97 Å². The minimum atomic E-state index is -0.597. The van der Waals surface area contributed by atoms with Crippen molar-refractivity contribution in [2.75, 3.05) is 0 Å². The summed E-state index contributed by atoms with van der Waals surface area (Å²) >= 11 is 0. The zero-order chi connectivity index (χ0) is 19.8. The Morgan fingerprint density at radius 2 is 1.85 bits per heavy atom. The van der Waals surface area contributed by atoms with Crippen LogP contribution in [0.15, 0.2) is 29.8 Å². The van der Waals surface area contributed by atoms with Crippen LogP contribution in [0.1, 0.15) is 71.8 Å². The first kappa shape index (κ1) is 20.1. The fourth-order valence-corrected chi connectivity index (χ4v) is 5.12. The number of carbonyl (C=O) groups excluding carboxylic acids is 1. The van der Waals surface area contributed by atoms with Gasteiger partial charge in [0.1, 0.15) is 11.9 Å². The molecule has 0 aromatic heterocycles. The first-order valence-corrected chi connectivity index (χ1v) is 9.92. The third kappa shape index (κ3) is 4.78. The molecule has 3 rings (SSSR count). The third-order valence-electron chi connectivity index (χ3n) is 5.90. The van der Waals surface area contributed by atoms with E-state index in [1.54, 1.807) is 0 Å². The van der Waals surface area contributed by atoms with E-state index in [1.165, 1.54) is 23.3 Å². The predicted octanol–water partition coefficient (Wildman–Crippen LogP) is 5.27. The maximum atomic E-state index is 13.4. The molecule has 1 aliphatic heterocycles. The number of aliphatic hydroxyl groups is 1. The highest BCUT2D eigenvalue weighted by Gasteiger charge is 2.39. The number of carbonyl (C=O) groups is 1. The molecule has 27 heavy (non-hydrogen) atoms. The van der Waals surface area contributed by atoms with Gasteiger partial charge in [-0.3, -0.25) is 4.79 Å². The van der Waals surface area contributed by atoms with Crippen molar-refractivity contribution in [3.63, 3.8) is 0 Å². The minimum Gasteiger partial charge on any atom is -0.462 e. The smallest absolute Gasteiger partial charge is 0.308 e. The second-order valence-corrected chi connectivity index (χ2v) is 9.61. The largest absolute Gasteiger partial charge is 0.462 e. The van der Waals surface area contributed by atoms with Crippen molar-refractivity contribution in [1.29, 1.82) is 0 Å². The molecule has 0 spiro atoms. The Hall–Kier alpha value is -1.68. The van der Waals surface area contributed by atoms with Gasteiger partial charge in [0.2, 0.25) is 0 Å². The van der Waals surface area contributed by atoms with Gasteiger partial charge in [-0.1, -0.05) is 45.4 Å². The number of cyclic esters (lactones) is 1. The van der Waals surface area contributed by atoms with Crippen LogP contribution in [-0.4, -0.2) is 23.3 Å². The lowest BCUT2D eigenvalue weighted by atomic mass is 9.60. The van der Waals surface area contributed by atoms with Gasteiger partial charge < -0.3 is 9.84 Å². The number of allylic oxidation sites excluding steroid dienone is 2. The second-order valence-electron chi connectivity index (χ2n) is 9.61. The Morgan fingerprint density at radius 3 is 2.48 bits per heavy atom. The van der Waals surface area contributed by atoms with Crippen molar-refractivity contribution >= 4 is 11.5 Å². The van der Waals surface area contributed by atoms with Gasteiger partial charge in [-0.15, -0.1) is 0 Å². The normalized spacial score (nSPS) is 27.4. The number of benzene rings is 1. The second kappa shape index (κ2) is 7.38. The molecular weight excluding hydrogens is 343 g/mol. The highest BCUT2D eigenvalue weighted by atomic mass is 19.1. The summed E-state index contributed by atoms with van der Waals surface area (Å²) in [4.78, 5) is 11.6. The number of ether oxygens (including phenoxy) is 1. The van der Waals surface area contributed by atoms with Crippen LogP contribution in [0.4, 0.5) is 4.39 Å². The number of halogens is 1. The Kier molecular flexibility index (Phi) is 5.49. The van der Waals surface area contributed by atoms with Crippen molar-refractivity contribution in [3.05, 3.63) is 41.2 Å². The van der Waals surface area contributed by atoms with Gasteiger partial charge in [-0.25, -0.2) is 4.39 Å². The SMILES string of the molecule is CC1(C)CC(c2ccc(F)cc2)=C(CCC2CC(O)CC(=O)O2)C(C)(C)C1. The monoisotopic (exact) mass is 374 g/mol. The van der Waals surface area contributed by atoms with E-state index in [1.807, 2.05) is 12.1 Å². The lowest BCUT2D eigenvalue weighted by Gasteiger charge is -2.45. The zero-order valence-electron chi connectivity index (χ0n) is 16.8. The first-order chi connectivity index (χ1) is 12.6. The van der Waals surface area contributed by atoms with Gasteiger partial charge in [0.25, 0.3) is 0 Å². The summed E-state index contributed by atoms with van der Waals surface area (Å²) in [5, 5.41) is 9.87. The fraction of sp³-hybridized carbons (Fsp3) is 0.609. The maximum Gasteiger partial charge on any atom is 0.308 e. The van der Waals surface area contributed by atoms with Crippen LogP contribution in [-0.2, 0) is 9.53 Å². The first-order valence-electron chi connectivity index (χ1n) is 9.92. The van der Waals surface area contributed by atoms with Crippen LogP contribution in [0.3, 0.4) is 0 Å². The topological polar surface area (TPSA) is 46.5 Å². The summed E-state index contributed by atoms with van der Waals surface area (Å²) in [5.74, 6) is -0.533. The summed E-state index contributed by atoms with van der Waals surface area (Å²) in [5.41, 5.74) is 3.92. The summed E-state index contributed by atoms with van der Waals surface area (Å²) in [6.45, 7) is 9.12. The number of hydrogen-bond donors (Lipinski definition) is 1. The quantitative estimate of drug-likeness (QED) is 0.730. The van der Waals surface area contributed by atoms with Gasteiger partial charge in [0.05, 0.1) is 12.5 Å². The molecular formula is C23H31FO3. The van der Waals surface area contributed by atoms with Crippen LogP contribution in [0.5, 0.6) is 0 Å². The lowest BCUT2D eigenvalue weighted by molar-refractivity contribution is -0.160. The van der Waals surface area contributed by atoms with E-state index in [2.05, 4.69) is 27.7 Å². The van der Waals surface area contributed by atoms with E-state index in [0.717, 1.165) is 24.8 Å². The fourth-order valence-electron chi connectivity index (χ4n) is 5.12. The molecule has 148 valence electrons. The molecule has 1 fully saturated rings. The lowest BCUT2D eigenvalue weighted by Crippen LogP contribution is -2.34. The van der Waals surface area contributed by atoms with Crippen molar-refractivity contribution < 1.29 is 19.0 Å². The van der Waals surface area contributed by atoms with Crippen molar-refractivity contribution in [2.45, 2.75) is 78.4 Å². The molecule has 0 radical (unpaired) electrons. The zero-order valence-corrected chi connectivity index (χ0v) is 16.8. The van der Waals surface area contributed by atoms with E-state index in [-0.39, 0.29) is 35.1 Å². The Labute approximate surface area is 161 Å². The van der Waals surface area contributed by atoms with Crippen LogP contribution in [0.2, 0.25) is 0 Å². The summed E-state index contributed by atoms with van der Waals surface area (Å²) < 4.78 is 18.9. The van der Waals surface area contributed by atoms with Crippen LogP contribution in [0.25, 0.3) is 5.57 Å². The van der Waals surface area contributed by atoms with Gasteiger partial charge in [-0.05, 0) is 59.8 Å². The Bertz CT molecular complexity index is 730. The molecule has 1 aliphatic carbocycles. The van der Waals surface area contributed by atoms with E-state index < -0.39 is 6.10 Å². The van der Waals surface area contributed by atoms with Gasteiger partial charge in [-0.2, -0.15) is 0 Å². The molecule has 1 heterocycles. The molecule has 0 bridgehead atoms. The van der Waals surface area contributed by atoms with Crippen LogP contribution < -0.4 is 0 Å². The highest BCUT2D eigenvalue weighted by molar-refractivity contribution is 5.72. The molecule has 2 atom stereocenters. The molecule has 4 heteroatoms. The maximum absolute atomic E-state index is 13.4. The third-order valence-corrected chi connectivity index (χ3v) is 5.90. The molecule has 1 N–H and O–H groups in total. The molecule has 1 aromatic rings. The van der Waals surface area contributed by atoms with E-state index in [4.69, 9.17) is 4.74 Å². The average Bonchev–Trinajstić information content (AvgIpc) is 2.51. The van der Waals surface area contributed by atoms with Crippen molar-refractivity contribution in [1.82, 2.24) is 0 Å². The number of rotatable bonds is 4. The molecule has 2 aliphatic rings. The number of aliphatic hydroxyl groups excluding tert-OH is 1. The summed E-state index contributed by atoms with van der Waals surface area (Å²) in [6, 6.07) is 6.78. The number of esters is 1. The van der Waals surface area contributed by atoms with E-state index in [0.29, 0.717) is 12.8 Å². The van der Waals surface area contributed by atoms with Crippen molar-refractivity contribution in [2.24, 2.45) is 10.8 Å². The van der Waals surface area contributed by atoms with E-state index in [9.17, 15) is 14.3 Å². The average molecular weight is 374 g/mol. The molecule has 1 aromatic carbocycles. The van der Waals surface area contributed by atoms with Crippen molar-refractivity contribution in [3.8, 4) is 0 Å². The molecule has 3 nitrogen and oxygen atoms in total. The molecule has 1 saturated heterocycles. The Balaban J connectivity index is 1.90. The van der Waals surface area contributed by atoms with Gasteiger partial charge in [0.15, 0.2) is 0 Å². The standard InChI is InChI=1S/C23H31FO3/c1-22(2)13-19(15-5-7-16(24)8-6-15)20(23(3,4)14-22)10-9-18-11-17(25)12-21(26)27-18/h5-8,17-18,25H,9-14H2,1-4H3. The highest BCUT2D eigenvalue weighted by Crippen LogP contribution is 2.53. The minimum absolute atomic E-state index is 0.0166. The van der Waals surface area contributed by atoms with Gasteiger partial charge in [0, 0.05) is 6.42 Å². The molecule has 0 saturated carbocycles. The predicted molar refractivity (Wildman–Crippen MR) is 104 cm³/mol. The molecule has 2 unspecified atom stereocenters. The number of hydrogen-bond acceptors (Lipinski definition) is 3. The van der Waals surface area contributed by atoms with Crippen LogP contribution in [0, 0.1) is 16.6 Å². The summed E-state index contributed by atoms with van der Waals surface area (Å²) in [7, 11) is 0. The molecule has 0 amide bonds. The summed E-state index contributed by atoms with van der Waals surface area (Å²) in [6.07, 6.45) is 3.34. The Morgan fingerprint density at radius 1 is 1.19 bits per heavy atom. The van der Waals surface area contributed by atoms with Crippen LogP contribution >= 0.6 is 0 Å².